The molecule has 0 aliphatic carbocycles. The smallest absolute Gasteiger partial charge is 0.218 e. The van der Waals surface area contributed by atoms with E-state index in [1.165, 1.54) is 0 Å². The van der Waals surface area contributed by atoms with Crippen molar-refractivity contribution in [2.75, 3.05) is 25.6 Å². The van der Waals surface area contributed by atoms with Crippen LogP contribution in [0.5, 0.6) is 5.88 Å². The number of nitrogen functional groups attached to an aromatic ring is 1. The number of anilines is 1. The molecule has 0 fully saturated rings. The summed E-state index contributed by atoms with van der Waals surface area (Å²) < 4.78 is 10.9. The quantitative estimate of drug-likeness (QED) is 0.733. The van der Waals surface area contributed by atoms with Crippen LogP contribution in [-0.4, -0.2) is 29.8 Å². The molecule has 96 valence electrons. The van der Waals surface area contributed by atoms with Gasteiger partial charge >= 0.3 is 0 Å². The van der Waals surface area contributed by atoms with Gasteiger partial charge in [0, 0.05) is 19.1 Å². The van der Waals surface area contributed by atoms with Gasteiger partial charge in [-0.2, -0.15) is 4.98 Å². The van der Waals surface area contributed by atoms with E-state index >= 15 is 0 Å². The number of ether oxygens (including phenoxy) is 2. The third kappa shape index (κ3) is 5.49. The lowest BCUT2D eigenvalue weighted by Crippen LogP contribution is -2.11. The van der Waals surface area contributed by atoms with E-state index in [9.17, 15) is 0 Å². The topological polar surface area (TPSA) is 70.3 Å². The van der Waals surface area contributed by atoms with Crippen molar-refractivity contribution < 1.29 is 9.47 Å². The van der Waals surface area contributed by atoms with Gasteiger partial charge in [-0.3, -0.25) is 0 Å². The summed E-state index contributed by atoms with van der Waals surface area (Å²) in [5.74, 6) is 2.19. The minimum atomic E-state index is 0.440. The third-order valence-corrected chi connectivity index (χ3v) is 2.01. The van der Waals surface area contributed by atoms with Gasteiger partial charge in [0.05, 0.1) is 6.61 Å². The standard InChI is InChI=1S/C12H21N3O2/c1-4-11-14-10(13)7-12(15-11)17-6-5-16-8-9(2)3/h7,9H,4-6,8H2,1-3H3,(H2,13,14,15). The third-order valence-electron chi connectivity index (χ3n) is 2.01. The second-order valence-electron chi connectivity index (χ2n) is 4.22. The van der Waals surface area contributed by atoms with Crippen molar-refractivity contribution in [3.05, 3.63) is 11.9 Å². The van der Waals surface area contributed by atoms with Gasteiger partial charge in [0.2, 0.25) is 5.88 Å². The number of hydrogen-bond donors (Lipinski definition) is 1. The van der Waals surface area contributed by atoms with Gasteiger partial charge in [0.1, 0.15) is 18.2 Å². The first kappa shape index (κ1) is 13.7. The maximum absolute atomic E-state index is 5.64. The Hall–Kier alpha value is -1.36. The highest BCUT2D eigenvalue weighted by atomic mass is 16.5. The van der Waals surface area contributed by atoms with Crippen molar-refractivity contribution in [3.8, 4) is 5.88 Å². The van der Waals surface area contributed by atoms with Gasteiger partial charge in [-0.05, 0) is 5.92 Å². The zero-order chi connectivity index (χ0) is 12.7. The van der Waals surface area contributed by atoms with Crippen LogP contribution in [-0.2, 0) is 11.2 Å². The molecule has 5 heteroatoms. The zero-order valence-electron chi connectivity index (χ0n) is 10.8. The van der Waals surface area contributed by atoms with E-state index in [4.69, 9.17) is 15.2 Å². The summed E-state index contributed by atoms with van der Waals surface area (Å²) in [5.41, 5.74) is 5.64. The molecule has 17 heavy (non-hydrogen) atoms. The van der Waals surface area contributed by atoms with Gasteiger partial charge in [-0.1, -0.05) is 20.8 Å². The normalized spacial score (nSPS) is 10.8. The van der Waals surface area contributed by atoms with Crippen LogP contribution >= 0.6 is 0 Å². The summed E-state index contributed by atoms with van der Waals surface area (Å²) in [6.07, 6.45) is 0.741. The number of aryl methyl sites for hydroxylation is 1. The monoisotopic (exact) mass is 239 g/mol. The number of nitrogens with zero attached hydrogens (tertiary/aromatic N) is 2. The maximum Gasteiger partial charge on any atom is 0.218 e. The van der Waals surface area contributed by atoms with Crippen LogP contribution in [0.15, 0.2) is 6.07 Å². The Balaban J connectivity index is 2.33. The van der Waals surface area contributed by atoms with Crippen LogP contribution in [0.4, 0.5) is 5.82 Å². The van der Waals surface area contributed by atoms with Gasteiger partial charge in [0.15, 0.2) is 0 Å². The average molecular weight is 239 g/mol. The highest BCUT2D eigenvalue weighted by Gasteiger charge is 2.02. The predicted molar refractivity (Wildman–Crippen MR) is 67.0 cm³/mol. The Morgan fingerprint density at radius 3 is 2.71 bits per heavy atom. The van der Waals surface area contributed by atoms with E-state index in [-0.39, 0.29) is 0 Å². The van der Waals surface area contributed by atoms with E-state index in [2.05, 4.69) is 23.8 Å². The van der Waals surface area contributed by atoms with E-state index < -0.39 is 0 Å². The Kier molecular flexibility index (Phi) is 5.69. The van der Waals surface area contributed by atoms with Gasteiger partial charge in [-0.15, -0.1) is 0 Å². The fourth-order valence-corrected chi connectivity index (χ4v) is 1.25. The number of nitrogens with two attached hydrogens (primary N) is 1. The molecule has 0 amide bonds. The molecule has 0 aliphatic heterocycles. The summed E-state index contributed by atoms with van der Waals surface area (Å²) in [7, 11) is 0. The van der Waals surface area contributed by atoms with Crippen LogP contribution in [0, 0.1) is 5.92 Å². The molecule has 0 atom stereocenters. The Bertz CT molecular complexity index is 343. The Morgan fingerprint density at radius 2 is 2.06 bits per heavy atom. The van der Waals surface area contributed by atoms with Crippen molar-refractivity contribution in [2.24, 2.45) is 5.92 Å². The predicted octanol–water partition coefficient (Wildman–Crippen LogP) is 1.67. The van der Waals surface area contributed by atoms with Crippen molar-refractivity contribution in [2.45, 2.75) is 27.2 Å². The summed E-state index contributed by atoms with van der Waals surface area (Å²) in [5, 5.41) is 0. The minimum absolute atomic E-state index is 0.440. The second-order valence-corrected chi connectivity index (χ2v) is 4.22. The number of aromatic nitrogens is 2. The van der Waals surface area contributed by atoms with Crippen LogP contribution < -0.4 is 10.5 Å². The molecule has 0 unspecified atom stereocenters. The molecule has 1 aromatic heterocycles. The summed E-state index contributed by atoms with van der Waals surface area (Å²) in [6, 6.07) is 1.63. The fourth-order valence-electron chi connectivity index (χ4n) is 1.25. The average Bonchev–Trinajstić information content (AvgIpc) is 2.27. The zero-order valence-corrected chi connectivity index (χ0v) is 10.8. The first-order chi connectivity index (χ1) is 8.11. The molecule has 1 aromatic rings. The SMILES string of the molecule is CCc1nc(N)cc(OCCOCC(C)C)n1. The molecule has 0 radical (unpaired) electrons. The van der Waals surface area contributed by atoms with Crippen molar-refractivity contribution >= 4 is 5.82 Å². The minimum Gasteiger partial charge on any atom is -0.475 e. The molecule has 2 N–H and O–H groups in total. The summed E-state index contributed by atoms with van der Waals surface area (Å²) >= 11 is 0. The largest absolute Gasteiger partial charge is 0.475 e. The Labute approximate surface area is 102 Å². The fraction of sp³-hybridized carbons (Fsp3) is 0.667. The van der Waals surface area contributed by atoms with Crippen LogP contribution in [0.25, 0.3) is 0 Å². The molecular formula is C12H21N3O2. The van der Waals surface area contributed by atoms with E-state index in [1.807, 2.05) is 6.92 Å². The summed E-state index contributed by atoms with van der Waals surface area (Å²) in [6.45, 7) is 7.98. The molecule has 0 saturated carbocycles. The molecule has 5 nitrogen and oxygen atoms in total. The molecule has 1 rings (SSSR count). The van der Waals surface area contributed by atoms with Crippen LogP contribution in [0.1, 0.15) is 26.6 Å². The molecule has 0 aliphatic rings. The number of hydrogen-bond acceptors (Lipinski definition) is 5. The lowest BCUT2D eigenvalue weighted by atomic mass is 10.2. The van der Waals surface area contributed by atoms with Crippen molar-refractivity contribution in [3.63, 3.8) is 0 Å². The summed E-state index contributed by atoms with van der Waals surface area (Å²) in [4.78, 5) is 8.29. The second kappa shape index (κ2) is 7.06. The van der Waals surface area contributed by atoms with E-state index in [0.717, 1.165) is 13.0 Å². The highest BCUT2D eigenvalue weighted by molar-refractivity contribution is 5.32. The first-order valence-corrected chi connectivity index (χ1v) is 5.95. The Morgan fingerprint density at radius 1 is 1.29 bits per heavy atom. The lowest BCUT2D eigenvalue weighted by Gasteiger charge is -2.09. The molecular weight excluding hydrogens is 218 g/mol. The van der Waals surface area contributed by atoms with Crippen molar-refractivity contribution in [1.82, 2.24) is 9.97 Å². The van der Waals surface area contributed by atoms with E-state index in [1.54, 1.807) is 6.07 Å². The van der Waals surface area contributed by atoms with Crippen molar-refractivity contribution in [1.29, 1.82) is 0 Å². The van der Waals surface area contributed by atoms with E-state index in [0.29, 0.717) is 36.7 Å². The van der Waals surface area contributed by atoms with Gasteiger partial charge in [-0.25, -0.2) is 4.98 Å². The molecule has 0 saturated heterocycles. The molecule has 0 spiro atoms. The van der Waals surface area contributed by atoms with Crippen LogP contribution in [0.3, 0.4) is 0 Å². The first-order valence-electron chi connectivity index (χ1n) is 5.95. The molecule has 0 bridgehead atoms. The maximum atomic E-state index is 5.64. The van der Waals surface area contributed by atoms with Gasteiger partial charge < -0.3 is 15.2 Å². The molecule has 1 heterocycles. The van der Waals surface area contributed by atoms with Crippen LogP contribution in [0.2, 0.25) is 0 Å². The van der Waals surface area contributed by atoms with Gasteiger partial charge in [0.25, 0.3) is 0 Å². The number of rotatable bonds is 7. The molecule has 0 aromatic carbocycles. The lowest BCUT2D eigenvalue weighted by molar-refractivity contribution is 0.0805. The highest BCUT2D eigenvalue weighted by Crippen LogP contribution is 2.11.